The molecular formula is C18H24N2O6S. The number of aromatic carboxylic acids is 1. The van der Waals surface area contributed by atoms with Gasteiger partial charge in [0.1, 0.15) is 0 Å². The monoisotopic (exact) mass is 396 g/mol. The lowest BCUT2D eigenvalue weighted by Gasteiger charge is -2.31. The molecule has 3 aliphatic rings. The van der Waals surface area contributed by atoms with Gasteiger partial charge in [0.2, 0.25) is 16.8 Å². The normalized spacial score (nSPS) is 22.1. The van der Waals surface area contributed by atoms with Crippen molar-refractivity contribution in [1.29, 1.82) is 0 Å². The number of furan rings is 1. The van der Waals surface area contributed by atoms with Crippen LogP contribution in [0.25, 0.3) is 0 Å². The third-order valence-electron chi connectivity index (χ3n) is 5.78. The Bertz CT molecular complexity index is 820. The number of hydrogen-bond acceptors (Lipinski definition) is 5. The molecule has 0 aromatic carbocycles. The van der Waals surface area contributed by atoms with E-state index in [4.69, 9.17) is 9.52 Å². The number of amides is 1. The zero-order chi connectivity index (χ0) is 19.2. The van der Waals surface area contributed by atoms with Crippen LogP contribution in [0.1, 0.15) is 49.1 Å². The first kappa shape index (κ1) is 18.5. The molecule has 148 valence electrons. The van der Waals surface area contributed by atoms with Crippen LogP contribution < -0.4 is 5.32 Å². The first-order chi connectivity index (χ1) is 12.9. The van der Waals surface area contributed by atoms with E-state index in [9.17, 15) is 18.0 Å². The number of carboxylic acid groups (broad SMARTS) is 1. The average molecular weight is 396 g/mol. The second kappa shape index (κ2) is 6.94. The highest BCUT2D eigenvalue weighted by atomic mass is 32.2. The Morgan fingerprint density at radius 2 is 1.67 bits per heavy atom. The lowest BCUT2D eigenvalue weighted by molar-refractivity contribution is -0.127. The molecule has 9 heteroatoms. The summed E-state index contributed by atoms with van der Waals surface area (Å²) in [5.41, 5.74) is 0. The fourth-order valence-corrected chi connectivity index (χ4v) is 5.25. The number of carbonyl (C=O) groups excluding carboxylic acids is 1. The number of carbonyl (C=O) groups is 2. The molecule has 2 heterocycles. The van der Waals surface area contributed by atoms with E-state index in [1.54, 1.807) is 0 Å². The minimum absolute atomic E-state index is 0.0435. The van der Waals surface area contributed by atoms with Crippen LogP contribution in [-0.4, -0.2) is 48.8 Å². The lowest BCUT2D eigenvalue weighted by atomic mass is 9.96. The molecule has 1 aromatic rings. The zero-order valence-electron chi connectivity index (χ0n) is 15.0. The van der Waals surface area contributed by atoms with Gasteiger partial charge in [-0.25, -0.2) is 13.2 Å². The Kier molecular flexibility index (Phi) is 4.75. The standard InChI is InChI=1S/C18H24N2O6S/c21-17(19-16(11-1-2-11)12-3-4-12)13-7-9-20(10-8-13)27(24,25)15-6-5-14(26-15)18(22)23/h5-6,11-13,16H,1-4,7-10H2,(H,19,21)(H,22,23). The molecule has 2 saturated carbocycles. The molecule has 1 aliphatic heterocycles. The lowest BCUT2D eigenvalue weighted by Crippen LogP contribution is -2.46. The second-order valence-corrected chi connectivity index (χ2v) is 9.68. The quantitative estimate of drug-likeness (QED) is 0.724. The maximum atomic E-state index is 12.6. The first-order valence-electron chi connectivity index (χ1n) is 9.50. The Morgan fingerprint density at radius 1 is 1.07 bits per heavy atom. The van der Waals surface area contributed by atoms with Gasteiger partial charge in [0.05, 0.1) is 0 Å². The van der Waals surface area contributed by atoms with Crippen LogP contribution in [0.2, 0.25) is 0 Å². The van der Waals surface area contributed by atoms with Crippen LogP contribution in [0, 0.1) is 17.8 Å². The van der Waals surface area contributed by atoms with E-state index in [1.807, 2.05) is 0 Å². The summed E-state index contributed by atoms with van der Waals surface area (Å²) in [6.45, 7) is 0.447. The van der Waals surface area contributed by atoms with Gasteiger partial charge >= 0.3 is 5.97 Å². The molecule has 1 aromatic heterocycles. The number of nitrogens with zero attached hydrogens (tertiary/aromatic N) is 1. The van der Waals surface area contributed by atoms with Crippen molar-refractivity contribution in [3.05, 3.63) is 17.9 Å². The summed E-state index contributed by atoms with van der Waals surface area (Å²) in [5.74, 6) is -0.597. The Labute approximate surface area is 158 Å². The van der Waals surface area contributed by atoms with E-state index in [0.717, 1.165) is 12.1 Å². The molecule has 4 rings (SSSR count). The highest BCUT2D eigenvalue weighted by Gasteiger charge is 2.43. The predicted molar refractivity (Wildman–Crippen MR) is 94.5 cm³/mol. The summed E-state index contributed by atoms with van der Waals surface area (Å²) in [6, 6.07) is 2.59. The third kappa shape index (κ3) is 3.89. The van der Waals surface area contributed by atoms with Crippen molar-refractivity contribution in [3.63, 3.8) is 0 Å². The molecule has 2 N–H and O–H groups in total. The van der Waals surface area contributed by atoms with Gasteiger partial charge in [0.15, 0.2) is 0 Å². The summed E-state index contributed by atoms with van der Waals surface area (Å²) >= 11 is 0. The molecule has 0 unspecified atom stereocenters. The fourth-order valence-electron chi connectivity index (χ4n) is 3.87. The molecule has 0 radical (unpaired) electrons. The highest BCUT2D eigenvalue weighted by Crippen LogP contribution is 2.44. The molecule has 0 spiro atoms. The van der Waals surface area contributed by atoms with Gasteiger partial charge in [-0.05, 0) is 62.5 Å². The predicted octanol–water partition coefficient (Wildman–Crippen LogP) is 1.68. The van der Waals surface area contributed by atoms with Crippen molar-refractivity contribution in [2.24, 2.45) is 17.8 Å². The Hall–Kier alpha value is -1.87. The maximum Gasteiger partial charge on any atom is 0.371 e. The topological polar surface area (TPSA) is 117 Å². The van der Waals surface area contributed by atoms with Crippen LogP contribution in [0.4, 0.5) is 0 Å². The van der Waals surface area contributed by atoms with Crippen LogP contribution in [0.15, 0.2) is 21.6 Å². The van der Waals surface area contributed by atoms with Crippen molar-refractivity contribution in [3.8, 4) is 0 Å². The molecule has 0 atom stereocenters. The van der Waals surface area contributed by atoms with Crippen molar-refractivity contribution in [2.45, 2.75) is 49.7 Å². The Morgan fingerprint density at radius 3 is 2.15 bits per heavy atom. The minimum Gasteiger partial charge on any atom is -0.475 e. The number of hydrogen-bond donors (Lipinski definition) is 2. The molecule has 0 bridgehead atoms. The maximum absolute atomic E-state index is 12.6. The van der Waals surface area contributed by atoms with Gasteiger partial charge in [-0.15, -0.1) is 0 Å². The van der Waals surface area contributed by atoms with Crippen molar-refractivity contribution < 1.29 is 27.5 Å². The van der Waals surface area contributed by atoms with E-state index >= 15 is 0 Å². The molecule has 1 amide bonds. The number of nitrogens with one attached hydrogen (secondary N) is 1. The van der Waals surface area contributed by atoms with Gasteiger partial charge in [-0.2, -0.15) is 4.31 Å². The number of rotatable bonds is 7. The minimum atomic E-state index is -3.88. The highest BCUT2D eigenvalue weighted by molar-refractivity contribution is 7.89. The van der Waals surface area contributed by atoms with Gasteiger partial charge in [0.25, 0.3) is 10.0 Å². The average Bonchev–Trinajstić information content (AvgIpc) is 3.58. The van der Waals surface area contributed by atoms with Crippen LogP contribution in [0.3, 0.4) is 0 Å². The van der Waals surface area contributed by atoms with Crippen molar-refractivity contribution in [2.75, 3.05) is 13.1 Å². The summed E-state index contributed by atoms with van der Waals surface area (Å²) in [5, 5.41) is 11.7. The van der Waals surface area contributed by atoms with Crippen molar-refractivity contribution >= 4 is 21.9 Å². The molecule has 2 aliphatic carbocycles. The molecule has 8 nitrogen and oxygen atoms in total. The van der Waals surface area contributed by atoms with E-state index in [1.165, 1.54) is 30.0 Å². The number of sulfonamides is 1. The van der Waals surface area contributed by atoms with E-state index in [-0.39, 0.29) is 30.0 Å². The summed E-state index contributed by atoms with van der Waals surface area (Å²) < 4.78 is 31.4. The Balaban J connectivity index is 1.34. The van der Waals surface area contributed by atoms with Crippen molar-refractivity contribution in [1.82, 2.24) is 9.62 Å². The van der Waals surface area contributed by atoms with Gasteiger partial charge in [0, 0.05) is 25.0 Å². The van der Waals surface area contributed by atoms with Crippen LogP contribution in [-0.2, 0) is 14.8 Å². The SMILES string of the molecule is O=C(O)c1ccc(S(=O)(=O)N2CCC(C(=O)NC(C3CC3)C3CC3)CC2)o1. The largest absolute Gasteiger partial charge is 0.475 e. The number of carboxylic acids is 1. The summed E-state index contributed by atoms with van der Waals surface area (Å²) in [6.07, 6.45) is 5.69. The molecule has 1 saturated heterocycles. The third-order valence-corrected chi connectivity index (χ3v) is 7.55. The van der Waals surface area contributed by atoms with E-state index < -0.39 is 21.8 Å². The smallest absolute Gasteiger partial charge is 0.371 e. The van der Waals surface area contributed by atoms with Crippen LogP contribution >= 0.6 is 0 Å². The van der Waals surface area contributed by atoms with Gasteiger partial charge < -0.3 is 14.8 Å². The molecule has 27 heavy (non-hydrogen) atoms. The van der Waals surface area contributed by atoms with E-state index in [0.29, 0.717) is 30.7 Å². The van der Waals surface area contributed by atoms with Crippen LogP contribution in [0.5, 0.6) is 0 Å². The van der Waals surface area contributed by atoms with Gasteiger partial charge in [-0.1, -0.05) is 0 Å². The fraction of sp³-hybridized carbons (Fsp3) is 0.667. The summed E-state index contributed by atoms with van der Waals surface area (Å²) in [4.78, 5) is 23.5. The second-order valence-electron chi connectivity index (χ2n) is 7.81. The zero-order valence-corrected chi connectivity index (χ0v) is 15.8. The number of piperidine rings is 1. The van der Waals surface area contributed by atoms with E-state index in [2.05, 4.69) is 5.32 Å². The molecule has 3 fully saturated rings. The molecular weight excluding hydrogens is 372 g/mol. The first-order valence-corrected chi connectivity index (χ1v) is 10.9. The summed E-state index contributed by atoms with van der Waals surface area (Å²) in [7, 11) is -3.88. The van der Waals surface area contributed by atoms with Gasteiger partial charge in [-0.3, -0.25) is 4.79 Å².